The lowest BCUT2D eigenvalue weighted by molar-refractivity contribution is 0.309. The van der Waals surface area contributed by atoms with Crippen molar-refractivity contribution in [3.8, 4) is 0 Å². The van der Waals surface area contributed by atoms with Gasteiger partial charge in [-0.3, -0.25) is 0 Å². The Bertz CT molecular complexity index is 299. The van der Waals surface area contributed by atoms with Crippen molar-refractivity contribution in [1.82, 2.24) is 5.32 Å². The molecule has 0 amide bonds. The second-order valence-corrected chi connectivity index (χ2v) is 6.13. The van der Waals surface area contributed by atoms with Crippen molar-refractivity contribution >= 4 is 11.3 Å². The Labute approximate surface area is 96.9 Å². The average molecular weight is 226 g/mol. The van der Waals surface area contributed by atoms with Gasteiger partial charge in [0.1, 0.15) is 0 Å². The minimum absolute atomic E-state index is 0.178. The zero-order chi connectivity index (χ0) is 11.5. The highest BCUT2D eigenvalue weighted by molar-refractivity contribution is 7.10. The van der Waals surface area contributed by atoms with Crippen LogP contribution >= 0.6 is 11.3 Å². The topological polar surface area (TPSA) is 38.0 Å². The van der Waals surface area contributed by atoms with Gasteiger partial charge in [-0.15, -0.1) is 11.3 Å². The Kier molecular flexibility index (Phi) is 4.32. The Morgan fingerprint density at radius 1 is 1.47 bits per heavy atom. The van der Waals surface area contributed by atoms with E-state index in [1.54, 1.807) is 11.3 Å². The molecule has 1 aromatic rings. The third-order valence-electron chi connectivity index (χ3n) is 2.73. The highest BCUT2D eigenvalue weighted by Crippen LogP contribution is 2.17. The highest BCUT2D eigenvalue weighted by atomic mass is 32.1. The van der Waals surface area contributed by atoms with E-state index < -0.39 is 0 Å². The summed E-state index contributed by atoms with van der Waals surface area (Å²) in [6, 6.07) is 2.36. The summed E-state index contributed by atoms with van der Waals surface area (Å²) in [4.78, 5) is 1.41. The second kappa shape index (κ2) is 5.10. The standard InChI is InChI=1S/C12H22N2S/c1-9-5-6-15-10(9)7-14-8-11(13)12(2,3)4/h5-6,11,14H,7-8,13H2,1-4H3. The predicted molar refractivity (Wildman–Crippen MR) is 68.2 cm³/mol. The molecule has 2 nitrogen and oxygen atoms in total. The molecule has 0 radical (unpaired) electrons. The number of thiophene rings is 1. The Balaban J connectivity index is 2.31. The van der Waals surface area contributed by atoms with E-state index in [0.29, 0.717) is 0 Å². The van der Waals surface area contributed by atoms with Crippen molar-refractivity contribution in [1.29, 1.82) is 0 Å². The van der Waals surface area contributed by atoms with Crippen LogP contribution in [0.25, 0.3) is 0 Å². The van der Waals surface area contributed by atoms with Crippen LogP contribution in [0, 0.1) is 12.3 Å². The maximum Gasteiger partial charge on any atom is 0.0303 e. The smallest absolute Gasteiger partial charge is 0.0303 e. The SMILES string of the molecule is Cc1ccsc1CNCC(N)C(C)(C)C. The molecule has 1 unspecified atom stereocenters. The summed E-state index contributed by atoms with van der Waals surface area (Å²) in [6.45, 7) is 10.5. The van der Waals surface area contributed by atoms with Crippen molar-refractivity contribution in [3.63, 3.8) is 0 Å². The molecule has 1 heterocycles. The summed E-state index contributed by atoms with van der Waals surface area (Å²) < 4.78 is 0. The van der Waals surface area contributed by atoms with Gasteiger partial charge in [0, 0.05) is 24.0 Å². The molecule has 3 heteroatoms. The normalized spacial score (nSPS) is 14.2. The molecule has 0 aromatic carbocycles. The van der Waals surface area contributed by atoms with E-state index in [-0.39, 0.29) is 11.5 Å². The molecule has 0 fully saturated rings. The van der Waals surface area contributed by atoms with Crippen LogP contribution < -0.4 is 11.1 Å². The highest BCUT2D eigenvalue weighted by Gasteiger charge is 2.19. The van der Waals surface area contributed by atoms with Gasteiger partial charge in [0.25, 0.3) is 0 Å². The van der Waals surface area contributed by atoms with E-state index in [9.17, 15) is 0 Å². The lowest BCUT2D eigenvalue weighted by Gasteiger charge is -2.27. The first-order valence-electron chi connectivity index (χ1n) is 5.40. The number of nitrogens with two attached hydrogens (primary N) is 1. The van der Waals surface area contributed by atoms with Crippen LogP contribution in [-0.4, -0.2) is 12.6 Å². The molecule has 86 valence electrons. The van der Waals surface area contributed by atoms with Crippen LogP contribution in [0.4, 0.5) is 0 Å². The summed E-state index contributed by atoms with van der Waals surface area (Å²) in [5.41, 5.74) is 7.62. The monoisotopic (exact) mass is 226 g/mol. The summed E-state index contributed by atoms with van der Waals surface area (Å²) >= 11 is 1.81. The third-order valence-corrected chi connectivity index (χ3v) is 3.75. The third kappa shape index (κ3) is 3.93. The molecule has 1 rings (SSSR count). The Morgan fingerprint density at radius 2 is 2.13 bits per heavy atom. The fraction of sp³-hybridized carbons (Fsp3) is 0.667. The first-order chi connectivity index (χ1) is 6.91. The van der Waals surface area contributed by atoms with Crippen molar-refractivity contribution in [3.05, 3.63) is 21.9 Å². The Hall–Kier alpha value is -0.380. The van der Waals surface area contributed by atoms with E-state index in [4.69, 9.17) is 5.73 Å². The van der Waals surface area contributed by atoms with Gasteiger partial charge in [0.15, 0.2) is 0 Å². The maximum atomic E-state index is 6.07. The number of nitrogens with one attached hydrogen (secondary N) is 1. The van der Waals surface area contributed by atoms with Crippen LogP contribution in [0.15, 0.2) is 11.4 Å². The van der Waals surface area contributed by atoms with E-state index in [0.717, 1.165) is 13.1 Å². The lowest BCUT2D eigenvalue weighted by Crippen LogP contribution is -2.43. The molecule has 0 aliphatic heterocycles. The summed E-state index contributed by atoms with van der Waals surface area (Å²) in [5, 5.41) is 5.56. The van der Waals surface area contributed by atoms with Gasteiger partial charge < -0.3 is 11.1 Å². The molecule has 0 aliphatic carbocycles. The molecule has 0 spiro atoms. The van der Waals surface area contributed by atoms with E-state index in [1.807, 2.05) is 0 Å². The number of rotatable bonds is 4. The molecule has 1 aromatic heterocycles. The average Bonchev–Trinajstić information content (AvgIpc) is 2.50. The van der Waals surface area contributed by atoms with Crippen molar-refractivity contribution in [2.24, 2.45) is 11.1 Å². The van der Waals surface area contributed by atoms with Crippen molar-refractivity contribution in [2.45, 2.75) is 40.3 Å². The van der Waals surface area contributed by atoms with E-state index >= 15 is 0 Å². The molecular weight excluding hydrogens is 204 g/mol. The predicted octanol–water partition coefficient (Wildman–Crippen LogP) is 2.52. The summed E-state index contributed by atoms with van der Waals surface area (Å²) in [5.74, 6) is 0. The molecule has 0 saturated carbocycles. The minimum atomic E-state index is 0.178. The number of hydrogen-bond acceptors (Lipinski definition) is 3. The molecule has 3 N–H and O–H groups in total. The van der Waals surface area contributed by atoms with E-state index in [2.05, 4.69) is 44.5 Å². The molecule has 0 aliphatic rings. The number of aryl methyl sites for hydroxylation is 1. The van der Waals surface area contributed by atoms with Crippen LogP contribution in [0.1, 0.15) is 31.2 Å². The first-order valence-corrected chi connectivity index (χ1v) is 6.28. The zero-order valence-electron chi connectivity index (χ0n) is 10.1. The Morgan fingerprint density at radius 3 is 2.60 bits per heavy atom. The molecule has 1 atom stereocenters. The second-order valence-electron chi connectivity index (χ2n) is 5.13. The van der Waals surface area contributed by atoms with Crippen LogP contribution in [0.3, 0.4) is 0 Å². The summed E-state index contributed by atoms with van der Waals surface area (Å²) in [6.07, 6.45) is 0. The van der Waals surface area contributed by atoms with Gasteiger partial charge in [-0.25, -0.2) is 0 Å². The maximum absolute atomic E-state index is 6.07. The quantitative estimate of drug-likeness (QED) is 0.828. The molecular formula is C12H22N2S. The van der Waals surface area contributed by atoms with Gasteiger partial charge in [-0.05, 0) is 29.3 Å². The van der Waals surface area contributed by atoms with E-state index in [1.165, 1.54) is 10.4 Å². The minimum Gasteiger partial charge on any atom is -0.326 e. The van der Waals surface area contributed by atoms with Gasteiger partial charge in [-0.2, -0.15) is 0 Å². The zero-order valence-corrected chi connectivity index (χ0v) is 10.9. The van der Waals surface area contributed by atoms with Crippen molar-refractivity contribution in [2.75, 3.05) is 6.54 Å². The van der Waals surface area contributed by atoms with Crippen LogP contribution in [0.5, 0.6) is 0 Å². The van der Waals surface area contributed by atoms with Gasteiger partial charge in [0.2, 0.25) is 0 Å². The fourth-order valence-corrected chi connectivity index (χ4v) is 2.11. The number of hydrogen-bond donors (Lipinski definition) is 2. The van der Waals surface area contributed by atoms with Crippen LogP contribution in [-0.2, 0) is 6.54 Å². The molecule has 15 heavy (non-hydrogen) atoms. The van der Waals surface area contributed by atoms with Gasteiger partial charge >= 0.3 is 0 Å². The summed E-state index contributed by atoms with van der Waals surface area (Å²) in [7, 11) is 0. The fourth-order valence-electron chi connectivity index (χ4n) is 1.23. The lowest BCUT2D eigenvalue weighted by atomic mass is 9.87. The molecule has 0 saturated heterocycles. The first kappa shape index (κ1) is 12.7. The van der Waals surface area contributed by atoms with Gasteiger partial charge in [-0.1, -0.05) is 20.8 Å². The molecule has 0 bridgehead atoms. The largest absolute Gasteiger partial charge is 0.326 e. The van der Waals surface area contributed by atoms with Crippen molar-refractivity contribution < 1.29 is 0 Å². The van der Waals surface area contributed by atoms with Crippen LogP contribution in [0.2, 0.25) is 0 Å². The van der Waals surface area contributed by atoms with Gasteiger partial charge in [0.05, 0.1) is 0 Å².